The predicted molar refractivity (Wildman–Crippen MR) is 84.9 cm³/mol. The van der Waals surface area contributed by atoms with Crippen LogP contribution in [0.3, 0.4) is 0 Å². The number of aromatic nitrogens is 2. The summed E-state index contributed by atoms with van der Waals surface area (Å²) in [7, 11) is -3.67. The quantitative estimate of drug-likeness (QED) is 0.888. The number of nitrogens with one attached hydrogen (secondary N) is 1. The minimum absolute atomic E-state index is 0.0267. The third-order valence-electron chi connectivity index (χ3n) is 3.81. The van der Waals surface area contributed by atoms with Crippen LogP contribution >= 0.6 is 11.8 Å². The van der Waals surface area contributed by atoms with Gasteiger partial charge in [-0.3, -0.25) is 4.40 Å². The lowest BCUT2D eigenvalue weighted by Gasteiger charge is -2.13. The number of hydrogen-bond acceptors (Lipinski definition) is 5. The average Bonchev–Trinajstić information content (AvgIpc) is 3.00. The van der Waals surface area contributed by atoms with Crippen LogP contribution in [0.25, 0.3) is 5.65 Å². The van der Waals surface area contributed by atoms with Gasteiger partial charge in [0.15, 0.2) is 10.8 Å². The maximum Gasteiger partial charge on any atom is 0.260 e. The van der Waals surface area contributed by atoms with Gasteiger partial charge in [-0.15, -0.1) is 0 Å². The molecular formula is C13H18N4O2S2. The molecule has 0 bridgehead atoms. The number of thioether (sulfide) groups is 1. The van der Waals surface area contributed by atoms with E-state index in [-0.39, 0.29) is 16.9 Å². The number of pyridine rings is 1. The standard InChI is InChI=1S/C13H18N4O2S2/c1-20-10-6-5-9(8-10)16-21(18,19)13-12(14)15-11-4-2-3-7-17(11)13/h2-4,7,9-10,16H,5-6,8,14H2,1H3. The largest absolute Gasteiger partial charge is 0.381 e. The number of nitrogens with two attached hydrogens (primary N) is 1. The van der Waals surface area contributed by atoms with E-state index in [0.29, 0.717) is 10.9 Å². The van der Waals surface area contributed by atoms with Crippen molar-refractivity contribution < 1.29 is 8.42 Å². The number of anilines is 1. The molecule has 0 radical (unpaired) electrons. The average molecular weight is 326 g/mol. The Balaban J connectivity index is 1.92. The van der Waals surface area contributed by atoms with Crippen molar-refractivity contribution in [1.29, 1.82) is 0 Å². The molecule has 1 saturated carbocycles. The summed E-state index contributed by atoms with van der Waals surface area (Å²) in [4.78, 5) is 4.10. The van der Waals surface area contributed by atoms with Crippen molar-refractivity contribution >= 4 is 33.3 Å². The smallest absolute Gasteiger partial charge is 0.260 e. The SMILES string of the molecule is CSC1CCC(NS(=O)(=O)c2c(N)nc3ccccn23)C1. The van der Waals surface area contributed by atoms with Crippen molar-refractivity contribution in [2.45, 2.75) is 35.6 Å². The van der Waals surface area contributed by atoms with Gasteiger partial charge in [0.25, 0.3) is 10.0 Å². The summed E-state index contributed by atoms with van der Waals surface area (Å²) in [5.41, 5.74) is 6.34. The zero-order chi connectivity index (χ0) is 15.0. The highest BCUT2D eigenvalue weighted by atomic mass is 32.2. The van der Waals surface area contributed by atoms with Crippen molar-refractivity contribution in [2.75, 3.05) is 12.0 Å². The van der Waals surface area contributed by atoms with Crippen molar-refractivity contribution in [3.63, 3.8) is 0 Å². The Labute approximate surface area is 128 Å². The van der Waals surface area contributed by atoms with Gasteiger partial charge in [-0.25, -0.2) is 18.1 Å². The van der Waals surface area contributed by atoms with Gasteiger partial charge in [0.1, 0.15) is 5.65 Å². The predicted octanol–water partition coefficient (Wildman–Crippen LogP) is 1.48. The molecule has 2 aromatic rings. The van der Waals surface area contributed by atoms with Crippen LogP contribution in [0.5, 0.6) is 0 Å². The Kier molecular flexibility index (Phi) is 3.85. The molecule has 0 saturated heterocycles. The Morgan fingerprint density at radius 1 is 1.43 bits per heavy atom. The second-order valence-electron chi connectivity index (χ2n) is 5.22. The topological polar surface area (TPSA) is 89.5 Å². The van der Waals surface area contributed by atoms with E-state index >= 15 is 0 Å². The van der Waals surface area contributed by atoms with Gasteiger partial charge >= 0.3 is 0 Å². The molecule has 1 fully saturated rings. The zero-order valence-electron chi connectivity index (χ0n) is 11.7. The van der Waals surface area contributed by atoms with E-state index in [9.17, 15) is 8.42 Å². The molecule has 0 amide bonds. The highest BCUT2D eigenvalue weighted by molar-refractivity contribution is 7.99. The van der Waals surface area contributed by atoms with E-state index in [1.807, 2.05) is 0 Å². The summed E-state index contributed by atoms with van der Waals surface area (Å²) in [6.07, 6.45) is 6.48. The van der Waals surface area contributed by atoms with E-state index in [2.05, 4.69) is 16.0 Å². The minimum Gasteiger partial charge on any atom is -0.381 e. The van der Waals surface area contributed by atoms with Gasteiger partial charge in [0, 0.05) is 17.5 Å². The van der Waals surface area contributed by atoms with E-state index in [4.69, 9.17) is 5.73 Å². The first kappa shape index (κ1) is 14.7. The number of sulfonamides is 1. The number of imidazole rings is 1. The van der Waals surface area contributed by atoms with Crippen LogP contribution in [-0.4, -0.2) is 35.4 Å². The zero-order valence-corrected chi connectivity index (χ0v) is 13.3. The summed E-state index contributed by atoms with van der Waals surface area (Å²) < 4.78 is 29.5. The Hall–Kier alpha value is -1.25. The maximum absolute atomic E-state index is 12.6. The second-order valence-corrected chi connectivity index (χ2v) is 7.99. The monoisotopic (exact) mass is 326 g/mol. The van der Waals surface area contributed by atoms with Crippen LogP contribution in [0, 0.1) is 0 Å². The lowest BCUT2D eigenvalue weighted by atomic mass is 10.3. The number of rotatable bonds is 4. The molecule has 3 N–H and O–H groups in total. The fourth-order valence-electron chi connectivity index (χ4n) is 2.80. The highest BCUT2D eigenvalue weighted by Crippen LogP contribution is 2.29. The molecule has 2 unspecified atom stereocenters. The lowest BCUT2D eigenvalue weighted by molar-refractivity contribution is 0.549. The Morgan fingerprint density at radius 3 is 2.95 bits per heavy atom. The molecular weight excluding hydrogens is 308 g/mol. The lowest BCUT2D eigenvalue weighted by Crippen LogP contribution is -2.34. The summed E-state index contributed by atoms with van der Waals surface area (Å²) in [5, 5.41) is 0.558. The summed E-state index contributed by atoms with van der Waals surface area (Å²) in [6, 6.07) is 5.26. The molecule has 8 heteroatoms. The van der Waals surface area contributed by atoms with Crippen LogP contribution in [0.15, 0.2) is 29.4 Å². The molecule has 2 heterocycles. The molecule has 0 aromatic carbocycles. The first-order valence-electron chi connectivity index (χ1n) is 6.79. The molecule has 2 aromatic heterocycles. The molecule has 1 aliphatic rings. The van der Waals surface area contributed by atoms with Crippen molar-refractivity contribution in [3.05, 3.63) is 24.4 Å². The molecule has 21 heavy (non-hydrogen) atoms. The molecule has 1 aliphatic carbocycles. The molecule has 6 nitrogen and oxygen atoms in total. The third-order valence-corrected chi connectivity index (χ3v) is 6.46. The van der Waals surface area contributed by atoms with Crippen LogP contribution in [0.2, 0.25) is 0 Å². The number of hydrogen-bond donors (Lipinski definition) is 2. The van der Waals surface area contributed by atoms with Crippen LogP contribution < -0.4 is 10.5 Å². The van der Waals surface area contributed by atoms with Crippen molar-refractivity contribution in [2.24, 2.45) is 0 Å². The van der Waals surface area contributed by atoms with Gasteiger partial charge in [0.05, 0.1) is 0 Å². The molecule has 114 valence electrons. The van der Waals surface area contributed by atoms with E-state index in [1.165, 1.54) is 4.40 Å². The molecule has 2 atom stereocenters. The van der Waals surface area contributed by atoms with Gasteiger partial charge in [0.2, 0.25) is 0 Å². The molecule has 0 spiro atoms. The van der Waals surface area contributed by atoms with Gasteiger partial charge in [-0.2, -0.15) is 11.8 Å². The first-order valence-corrected chi connectivity index (χ1v) is 9.56. The Morgan fingerprint density at radius 2 is 2.24 bits per heavy atom. The van der Waals surface area contributed by atoms with Gasteiger partial charge in [-0.1, -0.05) is 6.07 Å². The van der Waals surface area contributed by atoms with Gasteiger partial charge in [-0.05, 0) is 37.7 Å². The third kappa shape index (κ3) is 2.75. The number of nitrogen functional groups attached to an aromatic ring is 1. The van der Waals surface area contributed by atoms with Crippen LogP contribution in [0.1, 0.15) is 19.3 Å². The van der Waals surface area contributed by atoms with Crippen LogP contribution in [-0.2, 0) is 10.0 Å². The maximum atomic E-state index is 12.6. The Bertz CT molecular complexity index is 757. The molecule has 0 aliphatic heterocycles. The molecule has 3 rings (SSSR count). The fourth-order valence-corrected chi connectivity index (χ4v) is 5.09. The highest BCUT2D eigenvalue weighted by Gasteiger charge is 2.31. The normalized spacial score (nSPS) is 22.9. The minimum atomic E-state index is -3.67. The van der Waals surface area contributed by atoms with Crippen LogP contribution in [0.4, 0.5) is 5.82 Å². The van der Waals surface area contributed by atoms with Gasteiger partial charge < -0.3 is 5.73 Å². The summed E-state index contributed by atoms with van der Waals surface area (Å²) in [6.45, 7) is 0. The van der Waals surface area contributed by atoms with E-state index in [0.717, 1.165) is 19.3 Å². The summed E-state index contributed by atoms with van der Waals surface area (Å²) >= 11 is 1.79. The van der Waals surface area contributed by atoms with Crippen molar-refractivity contribution in [1.82, 2.24) is 14.1 Å². The number of nitrogens with zero attached hydrogens (tertiary/aromatic N) is 2. The van der Waals surface area contributed by atoms with Crippen molar-refractivity contribution in [3.8, 4) is 0 Å². The fraction of sp³-hybridized carbons (Fsp3) is 0.462. The second kappa shape index (κ2) is 5.51. The summed E-state index contributed by atoms with van der Waals surface area (Å²) in [5.74, 6) is 0.0353. The van der Waals surface area contributed by atoms with E-state index in [1.54, 1.807) is 36.2 Å². The first-order chi connectivity index (χ1) is 10.0. The number of fused-ring (bicyclic) bond motifs is 1. The van der Waals surface area contributed by atoms with E-state index < -0.39 is 10.0 Å².